The number of hydrogen-bond acceptors (Lipinski definition) is 4. The van der Waals surface area contributed by atoms with E-state index >= 15 is 0 Å². The molecule has 2 aromatic carbocycles. The molecular weight excluding hydrogens is 346 g/mol. The first kappa shape index (κ1) is 18.3. The van der Waals surface area contributed by atoms with Crippen molar-refractivity contribution >= 4 is 29.2 Å². The summed E-state index contributed by atoms with van der Waals surface area (Å²) >= 11 is 1.26. The van der Waals surface area contributed by atoms with Crippen LogP contribution in [0.2, 0.25) is 0 Å². The van der Waals surface area contributed by atoms with E-state index in [-0.39, 0.29) is 22.5 Å². The van der Waals surface area contributed by atoms with Crippen LogP contribution in [0, 0.1) is 0 Å². The molecule has 26 heavy (non-hydrogen) atoms. The predicted molar refractivity (Wildman–Crippen MR) is 105 cm³/mol. The monoisotopic (exact) mass is 367 g/mol. The summed E-state index contributed by atoms with van der Waals surface area (Å²) in [6.07, 6.45) is 1.69. The zero-order chi connectivity index (χ0) is 18.9. The Kier molecular flexibility index (Phi) is 4.92. The third kappa shape index (κ3) is 3.27. The van der Waals surface area contributed by atoms with E-state index in [9.17, 15) is 14.7 Å². The summed E-state index contributed by atoms with van der Waals surface area (Å²) in [7, 11) is 1.97. The van der Waals surface area contributed by atoms with Crippen molar-refractivity contribution in [2.75, 3.05) is 17.7 Å². The maximum Gasteiger partial charge on any atom is 0.336 e. The summed E-state index contributed by atoms with van der Waals surface area (Å²) in [5.41, 5.74) is 3.25. The number of thioether (sulfide) groups is 1. The molecule has 134 valence electrons. The molecule has 0 bridgehead atoms. The summed E-state index contributed by atoms with van der Waals surface area (Å²) in [6.45, 7) is 4.22. The molecule has 1 N–H and O–H groups in total. The van der Waals surface area contributed by atoms with E-state index in [2.05, 4.69) is 30.9 Å². The maximum atomic E-state index is 12.6. The van der Waals surface area contributed by atoms with Crippen molar-refractivity contribution in [3.05, 3.63) is 71.4 Å². The van der Waals surface area contributed by atoms with Crippen LogP contribution in [0.25, 0.3) is 0 Å². The number of allylic oxidation sites excluding steroid dienone is 2. The van der Waals surface area contributed by atoms with Gasteiger partial charge in [0.1, 0.15) is 0 Å². The number of hydrogen-bond donors (Lipinski definition) is 1. The van der Waals surface area contributed by atoms with Crippen LogP contribution < -0.4 is 4.90 Å². The molecule has 0 atom stereocenters. The number of carboxylic acid groups (broad SMARTS) is 1. The van der Waals surface area contributed by atoms with Crippen molar-refractivity contribution in [2.24, 2.45) is 0 Å². The van der Waals surface area contributed by atoms with E-state index < -0.39 is 5.97 Å². The minimum atomic E-state index is -0.981. The minimum Gasteiger partial charge on any atom is -0.478 e. The number of carboxylic acids is 1. The number of likely N-dealkylation sites (N-methyl/N-ethyl adjacent to an activating group) is 1. The van der Waals surface area contributed by atoms with Crippen LogP contribution in [-0.4, -0.2) is 29.7 Å². The number of ketones is 1. The van der Waals surface area contributed by atoms with Crippen LogP contribution >= 0.6 is 11.8 Å². The summed E-state index contributed by atoms with van der Waals surface area (Å²) in [5, 5.41) is 9.25. The standard InChI is InChI=1S/C21H21NO3S/c1-21(2)16-9-5-6-10-17(16)22(3)19(21)12-14(23)13-26-18-11-7-4-8-15(18)20(24)25/h4-12H,13H2,1-3H3,(H,24,25)/b19-12-. The van der Waals surface area contributed by atoms with Crippen LogP contribution in [0.1, 0.15) is 29.8 Å². The summed E-state index contributed by atoms with van der Waals surface area (Å²) in [4.78, 5) is 26.5. The molecule has 0 aromatic heterocycles. The molecule has 1 aliphatic rings. The first-order chi connectivity index (χ1) is 12.3. The SMILES string of the molecule is CN1/C(=C\C(=O)CSc2ccccc2C(=O)O)C(C)(C)c2ccccc21. The molecule has 1 heterocycles. The third-order valence-electron chi connectivity index (χ3n) is 4.73. The van der Waals surface area contributed by atoms with E-state index in [0.29, 0.717) is 4.90 Å². The van der Waals surface area contributed by atoms with Crippen LogP contribution in [-0.2, 0) is 10.2 Å². The van der Waals surface area contributed by atoms with E-state index in [1.165, 1.54) is 17.3 Å². The molecule has 0 fully saturated rings. The van der Waals surface area contributed by atoms with Crippen LogP contribution in [0.3, 0.4) is 0 Å². The second-order valence-electron chi connectivity index (χ2n) is 6.79. The average Bonchev–Trinajstić information content (AvgIpc) is 2.81. The van der Waals surface area contributed by atoms with Crippen molar-refractivity contribution in [3.8, 4) is 0 Å². The van der Waals surface area contributed by atoms with E-state index in [1.54, 1.807) is 30.3 Å². The number of anilines is 1. The quantitative estimate of drug-likeness (QED) is 0.629. The van der Waals surface area contributed by atoms with E-state index in [1.807, 2.05) is 19.2 Å². The normalized spacial score (nSPS) is 16.6. The van der Waals surface area contributed by atoms with Crippen molar-refractivity contribution in [1.82, 2.24) is 0 Å². The number of aromatic carboxylic acids is 1. The maximum absolute atomic E-state index is 12.6. The third-order valence-corrected chi connectivity index (χ3v) is 5.82. The van der Waals surface area contributed by atoms with Gasteiger partial charge >= 0.3 is 5.97 Å². The molecule has 0 radical (unpaired) electrons. The molecule has 0 saturated carbocycles. The largest absolute Gasteiger partial charge is 0.478 e. The first-order valence-corrected chi connectivity index (χ1v) is 9.34. The van der Waals surface area contributed by atoms with Gasteiger partial charge < -0.3 is 10.0 Å². The molecule has 0 unspecified atom stereocenters. The zero-order valence-electron chi connectivity index (χ0n) is 15.0. The van der Waals surface area contributed by atoms with E-state index in [4.69, 9.17) is 0 Å². The molecule has 4 nitrogen and oxygen atoms in total. The summed E-state index contributed by atoms with van der Waals surface area (Å²) in [5.74, 6) is -0.808. The molecule has 0 aliphatic carbocycles. The Morgan fingerprint density at radius 3 is 2.46 bits per heavy atom. The van der Waals surface area contributed by atoms with Gasteiger partial charge in [-0.05, 0) is 23.8 Å². The van der Waals surface area contributed by atoms with Crippen molar-refractivity contribution in [2.45, 2.75) is 24.2 Å². The number of carbonyl (C=O) groups excluding carboxylic acids is 1. The lowest BCUT2D eigenvalue weighted by Crippen LogP contribution is -2.24. The fourth-order valence-corrected chi connectivity index (χ4v) is 4.24. The van der Waals surface area contributed by atoms with Crippen LogP contribution in [0.15, 0.2) is 65.2 Å². The number of rotatable bonds is 5. The van der Waals surface area contributed by atoms with Crippen molar-refractivity contribution in [1.29, 1.82) is 0 Å². The summed E-state index contributed by atoms with van der Waals surface area (Å²) < 4.78 is 0. The second-order valence-corrected chi connectivity index (χ2v) is 7.80. The highest BCUT2D eigenvalue weighted by Gasteiger charge is 2.38. The van der Waals surface area contributed by atoms with Gasteiger partial charge in [0.25, 0.3) is 0 Å². The van der Waals surface area contributed by atoms with Gasteiger partial charge in [0.15, 0.2) is 5.78 Å². The smallest absolute Gasteiger partial charge is 0.336 e. The van der Waals surface area contributed by atoms with Crippen LogP contribution in [0.4, 0.5) is 5.69 Å². The number of para-hydroxylation sites is 1. The number of nitrogens with zero attached hydrogens (tertiary/aromatic N) is 1. The number of benzene rings is 2. The molecule has 0 saturated heterocycles. The van der Waals surface area contributed by atoms with Gasteiger partial charge in [-0.15, -0.1) is 11.8 Å². The topological polar surface area (TPSA) is 57.6 Å². The molecule has 0 spiro atoms. The van der Waals surface area contributed by atoms with Gasteiger partial charge in [0, 0.05) is 34.8 Å². The number of carbonyl (C=O) groups is 2. The lowest BCUT2D eigenvalue weighted by molar-refractivity contribution is -0.112. The Morgan fingerprint density at radius 1 is 1.12 bits per heavy atom. The fraction of sp³-hybridized carbons (Fsp3) is 0.238. The van der Waals surface area contributed by atoms with Gasteiger partial charge in [-0.1, -0.05) is 44.2 Å². The molecule has 2 aromatic rings. The predicted octanol–water partition coefficient (Wildman–Crippen LogP) is 4.36. The van der Waals surface area contributed by atoms with Gasteiger partial charge in [0.05, 0.1) is 11.3 Å². The Balaban J connectivity index is 1.79. The zero-order valence-corrected chi connectivity index (χ0v) is 15.8. The molecule has 0 amide bonds. The molecule has 1 aliphatic heterocycles. The van der Waals surface area contributed by atoms with E-state index in [0.717, 1.165) is 11.4 Å². The van der Waals surface area contributed by atoms with Crippen LogP contribution in [0.5, 0.6) is 0 Å². The molecular formula is C21H21NO3S. The fourth-order valence-electron chi connectivity index (χ4n) is 3.37. The van der Waals surface area contributed by atoms with Gasteiger partial charge in [-0.3, -0.25) is 4.79 Å². The average molecular weight is 367 g/mol. The Bertz CT molecular complexity index is 902. The van der Waals surface area contributed by atoms with Crippen molar-refractivity contribution in [3.63, 3.8) is 0 Å². The summed E-state index contributed by atoms with van der Waals surface area (Å²) in [6, 6.07) is 14.9. The van der Waals surface area contributed by atoms with Gasteiger partial charge in [-0.25, -0.2) is 4.79 Å². The first-order valence-electron chi connectivity index (χ1n) is 8.35. The highest BCUT2D eigenvalue weighted by molar-refractivity contribution is 8.00. The lowest BCUT2D eigenvalue weighted by atomic mass is 9.83. The van der Waals surface area contributed by atoms with Gasteiger partial charge in [0.2, 0.25) is 0 Å². The molecule has 5 heteroatoms. The second kappa shape index (κ2) is 7.00. The Labute approximate surface area is 157 Å². The Hall–Kier alpha value is -2.53. The van der Waals surface area contributed by atoms with Crippen molar-refractivity contribution < 1.29 is 14.7 Å². The van der Waals surface area contributed by atoms with Gasteiger partial charge in [-0.2, -0.15) is 0 Å². The number of fused-ring (bicyclic) bond motifs is 1. The highest BCUT2D eigenvalue weighted by Crippen LogP contribution is 2.46. The minimum absolute atomic E-state index is 0.0297. The highest BCUT2D eigenvalue weighted by atomic mass is 32.2. The lowest BCUT2D eigenvalue weighted by Gasteiger charge is -2.23. The molecule has 3 rings (SSSR count). The Morgan fingerprint density at radius 2 is 1.77 bits per heavy atom.